The van der Waals surface area contributed by atoms with Gasteiger partial charge in [-0.1, -0.05) is 19.9 Å². The van der Waals surface area contributed by atoms with E-state index < -0.39 is 0 Å². The quantitative estimate of drug-likeness (QED) is 0.260. The van der Waals surface area contributed by atoms with Crippen LogP contribution in [0, 0.1) is 0 Å². The standard InChI is InChI=1S/C27H25N7O/c1-3-6-29-20-9-16(4-2)8-18(10-20)19-11-21-25(33-34-26(21)30-12-19)27-31-23-14-28-13-22(24(23)32-27)17-5-7-35-15-17/h5,7-15,29H,3-4,6H2,1-2H3,(H,31,32)(H,30,33,34). The largest absolute Gasteiger partial charge is 0.472 e. The van der Waals surface area contributed by atoms with Gasteiger partial charge in [-0.25, -0.2) is 9.97 Å². The number of fused-ring (bicyclic) bond motifs is 2. The minimum atomic E-state index is 0.647. The van der Waals surface area contributed by atoms with Crippen LogP contribution >= 0.6 is 0 Å². The van der Waals surface area contributed by atoms with Crippen LogP contribution in [-0.2, 0) is 6.42 Å². The molecule has 0 aliphatic rings. The van der Waals surface area contributed by atoms with Crippen LogP contribution < -0.4 is 5.32 Å². The monoisotopic (exact) mass is 463 g/mol. The number of aromatic nitrogens is 6. The minimum absolute atomic E-state index is 0.647. The van der Waals surface area contributed by atoms with Gasteiger partial charge in [0.05, 0.1) is 29.6 Å². The van der Waals surface area contributed by atoms with Crippen LogP contribution in [0.5, 0.6) is 0 Å². The van der Waals surface area contributed by atoms with Crippen molar-refractivity contribution < 1.29 is 4.42 Å². The molecule has 0 spiro atoms. The molecular weight excluding hydrogens is 438 g/mol. The number of imidazole rings is 1. The lowest BCUT2D eigenvalue weighted by molar-refractivity contribution is 0.568. The van der Waals surface area contributed by atoms with Gasteiger partial charge < -0.3 is 14.7 Å². The van der Waals surface area contributed by atoms with Crippen molar-refractivity contribution in [2.75, 3.05) is 11.9 Å². The third kappa shape index (κ3) is 3.82. The van der Waals surface area contributed by atoms with Crippen molar-refractivity contribution in [3.05, 3.63) is 67.0 Å². The molecule has 0 fully saturated rings. The number of nitrogens with one attached hydrogen (secondary N) is 3. The summed E-state index contributed by atoms with van der Waals surface area (Å²) in [5, 5.41) is 12.0. The number of rotatable bonds is 7. The molecule has 174 valence electrons. The molecule has 35 heavy (non-hydrogen) atoms. The first kappa shape index (κ1) is 21.1. The average Bonchev–Trinajstić information content (AvgIpc) is 3.65. The smallest absolute Gasteiger partial charge is 0.181 e. The Labute approximate surface area is 201 Å². The third-order valence-corrected chi connectivity index (χ3v) is 6.19. The molecule has 6 aromatic rings. The molecule has 0 atom stereocenters. The second-order valence-corrected chi connectivity index (χ2v) is 8.57. The summed E-state index contributed by atoms with van der Waals surface area (Å²) in [6, 6.07) is 10.7. The van der Waals surface area contributed by atoms with E-state index in [-0.39, 0.29) is 0 Å². The number of aromatic amines is 2. The zero-order valence-electron chi connectivity index (χ0n) is 19.6. The molecule has 0 aliphatic carbocycles. The zero-order valence-corrected chi connectivity index (χ0v) is 19.6. The average molecular weight is 464 g/mol. The van der Waals surface area contributed by atoms with Crippen LogP contribution in [0.15, 0.2) is 65.9 Å². The van der Waals surface area contributed by atoms with E-state index in [4.69, 9.17) is 9.40 Å². The van der Waals surface area contributed by atoms with E-state index in [2.05, 4.69) is 68.6 Å². The molecule has 0 saturated heterocycles. The highest BCUT2D eigenvalue weighted by molar-refractivity contribution is 5.96. The Morgan fingerprint density at radius 1 is 1.00 bits per heavy atom. The van der Waals surface area contributed by atoms with Crippen molar-refractivity contribution in [2.45, 2.75) is 26.7 Å². The summed E-state index contributed by atoms with van der Waals surface area (Å²) in [5.74, 6) is 0.687. The molecule has 8 nitrogen and oxygen atoms in total. The molecule has 5 heterocycles. The number of hydrogen-bond acceptors (Lipinski definition) is 6. The summed E-state index contributed by atoms with van der Waals surface area (Å²) >= 11 is 0. The highest BCUT2D eigenvalue weighted by Gasteiger charge is 2.17. The van der Waals surface area contributed by atoms with Crippen molar-refractivity contribution in [1.82, 2.24) is 30.1 Å². The molecule has 8 heteroatoms. The third-order valence-electron chi connectivity index (χ3n) is 6.19. The van der Waals surface area contributed by atoms with Gasteiger partial charge in [0.2, 0.25) is 0 Å². The second-order valence-electron chi connectivity index (χ2n) is 8.57. The van der Waals surface area contributed by atoms with E-state index in [0.717, 1.165) is 69.4 Å². The normalized spacial score (nSPS) is 11.5. The Balaban J connectivity index is 1.45. The first-order valence-corrected chi connectivity index (χ1v) is 11.8. The molecule has 3 N–H and O–H groups in total. The minimum Gasteiger partial charge on any atom is -0.472 e. The van der Waals surface area contributed by atoms with Crippen molar-refractivity contribution in [3.8, 4) is 33.8 Å². The van der Waals surface area contributed by atoms with Gasteiger partial charge in [0.25, 0.3) is 0 Å². The first-order valence-electron chi connectivity index (χ1n) is 11.8. The number of anilines is 1. The fourth-order valence-electron chi connectivity index (χ4n) is 4.35. The number of benzene rings is 1. The molecule has 0 amide bonds. The van der Waals surface area contributed by atoms with Gasteiger partial charge in [-0.15, -0.1) is 0 Å². The van der Waals surface area contributed by atoms with Crippen molar-refractivity contribution >= 4 is 27.8 Å². The van der Waals surface area contributed by atoms with E-state index in [0.29, 0.717) is 11.5 Å². The zero-order chi connectivity index (χ0) is 23.8. The number of aryl methyl sites for hydroxylation is 1. The number of pyridine rings is 2. The van der Waals surface area contributed by atoms with Crippen LogP contribution in [-0.4, -0.2) is 36.7 Å². The number of hydrogen-bond donors (Lipinski definition) is 3. The number of furan rings is 1. The molecule has 0 aliphatic heterocycles. The van der Waals surface area contributed by atoms with Crippen molar-refractivity contribution in [2.24, 2.45) is 0 Å². The number of H-pyrrole nitrogens is 2. The van der Waals surface area contributed by atoms with Crippen molar-refractivity contribution in [1.29, 1.82) is 0 Å². The van der Waals surface area contributed by atoms with E-state index in [1.165, 1.54) is 5.56 Å². The van der Waals surface area contributed by atoms with Gasteiger partial charge >= 0.3 is 0 Å². The Hall–Kier alpha value is -4.46. The highest BCUT2D eigenvalue weighted by atomic mass is 16.3. The van der Waals surface area contributed by atoms with Crippen LogP contribution in [0.4, 0.5) is 5.69 Å². The summed E-state index contributed by atoms with van der Waals surface area (Å²) in [6.07, 6.45) is 10.8. The van der Waals surface area contributed by atoms with Gasteiger partial charge in [-0.3, -0.25) is 10.1 Å². The summed E-state index contributed by atoms with van der Waals surface area (Å²) in [7, 11) is 0. The maximum Gasteiger partial charge on any atom is 0.181 e. The van der Waals surface area contributed by atoms with Gasteiger partial charge in [-0.05, 0) is 48.2 Å². The molecule has 0 unspecified atom stereocenters. The van der Waals surface area contributed by atoms with Gasteiger partial charge in [0.1, 0.15) is 11.2 Å². The highest BCUT2D eigenvalue weighted by Crippen LogP contribution is 2.33. The van der Waals surface area contributed by atoms with Gasteiger partial charge in [0.15, 0.2) is 11.5 Å². The Bertz CT molecular complexity index is 1630. The fourth-order valence-corrected chi connectivity index (χ4v) is 4.35. The van der Waals surface area contributed by atoms with Crippen LogP contribution in [0.3, 0.4) is 0 Å². The maximum absolute atomic E-state index is 5.26. The maximum atomic E-state index is 5.26. The topological polar surface area (TPSA) is 108 Å². The predicted octanol–water partition coefficient (Wildman–Crippen LogP) is 6.21. The van der Waals surface area contributed by atoms with Crippen LogP contribution in [0.2, 0.25) is 0 Å². The van der Waals surface area contributed by atoms with Crippen molar-refractivity contribution in [3.63, 3.8) is 0 Å². The molecular formula is C27H25N7O. The molecule has 1 aromatic carbocycles. The Morgan fingerprint density at radius 3 is 2.77 bits per heavy atom. The lowest BCUT2D eigenvalue weighted by Crippen LogP contribution is -2.00. The lowest BCUT2D eigenvalue weighted by Gasteiger charge is -2.11. The van der Waals surface area contributed by atoms with E-state index >= 15 is 0 Å². The second kappa shape index (κ2) is 8.72. The molecule has 0 radical (unpaired) electrons. The van der Waals surface area contributed by atoms with E-state index in [1.54, 1.807) is 24.9 Å². The molecule has 6 rings (SSSR count). The van der Waals surface area contributed by atoms with Gasteiger partial charge in [-0.2, -0.15) is 5.10 Å². The van der Waals surface area contributed by atoms with Crippen LogP contribution in [0.25, 0.3) is 55.8 Å². The summed E-state index contributed by atoms with van der Waals surface area (Å²) in [5.41, 5.74) is 9.52. The first-order chi connectivity index (χ1) is 17.2. The van der Waals surface area contributed by atoms with E-state index in [9.17, 15) is 0 Å². The molecule has 0 saturated carbocycles. The lowest BCUT2D eigenvalue weighted by atomic mass is 10.0. The molecule has 0 bridgehead atoms. The number of nitrogens with zero attached hydrogens (tertiary/aromatic N) is 4. The van der Waals surface area contributed by atoms with E-state index in [1.807, 2.05) is 12.3 Å². The SMILES string of the molecule is CCCNc1cc(CC)cc(-c2cnc3n[nH]c(-c4nc5c(-c6ccoc6)cncc5[nH]4)c3c2)c1. The van der Waals surface area contributed by atoms with Crippen LogP contribution in [0.1, 0.15) is 25.8 Å². The Morgan fingerprint density at radius 2 is 1.94 bits per heavy atom. The summed E-state index contributed by atoms with van der Waals surface area (Å²) in [4.78, 5) is 17.3. The summed E-state index contributed by atoms with van der Waals surface area (Å²) in [6.45, 7) is 5.28. The van der Waals surface area contributed by atoms with Gasteiger partial charge in [0, 0.05) is 41.3 Å². The predicted molar refractivity (Wildman–Crippen MR) is 138 cm³/mol. The summed E-state index contributed by atoms with van der Waals surface area (Å²) < 4.78 is 5.26. The Kier molecular flexibility index (Phi) is 5.25. The molecule has 5 aromatic heterocycles. The fraction of sp³-hybridized carbons (Fsp3) is 0.185.